The van der Waals surface area contributed by atoms with Crippen LogP contribution in [-0.4, -0.2) is 91.9 Å². The lowest BCUT2D eigenvalue weighted by Gasteiger charge is -2.19. The van der Waals surface area contributed by atoms with E-state index in [-0.39, 0.29) is 74.3 Å². The van der Waals surface area contributed by atoms with Crippen molar-refractivity contribution < 1.29 is 108 Å². The highest BCUT2D eigenvalue weighted by molar-refractivity contribution is 6.39. The summed E-state index contributed by atoms with van der Waals surface area (Å²) in [6, 6.07) is 31.9. The summed E-state index contributed by atoms with van der Waals surface area (Å²) in [5.74, 6) is 8.50. The number of aliphatic hydroxyl groups excluding tert-OH is 1. The summed E-state index contributed by atoms with van der Waals surface area (Å²) in [6.07, 6.45) is 12.1. The van der Waals surface area contributed by atoms with Crippen LogP contribution >= 0.6 is 11.6 Å². The molecule has 11 aromatic rings. The van der Waals surface area contributed by atoms with Crippen molar-refractivity contribution >= 4 is 114 Å². The predicted molar refractivity (Wildman–Crippen MR) is 430 cm³/mol. The average Bonchev–Trinajstić information content (AvgIpc) is 1.28. The quantitative estimate of drug-likeness (QED) is 0.0725. The summed E-state index contributed by atoms with van der Waals surface area (Å²) in [6.45, 7) is 13.5. The molecule has 9 heterocycles. The van der Waals surface area contributed by atoms with Gasteiger partial charge in [-0.15, -0.1) is 0 Å². The zero-order chi connectivity index (χ0) is 80.9. The second-order valence-electron chi connectivity index (χ2n) is 28.7. The molecule has 116 heavy (non-hydrogen) atoms. The van der Waals surface area contributed by atoms with E-state index in [0.29, 0.717) is 119 Å². The first-order valence-corrected chi connectivity index (χ1v) is 38.2. The molecule has 10 aliphatic rings. The van der Waals surface area contributed by atoms with E-state index < -0.39 is 0 Å². The van der Waals surface area contributed by atoms with E-state index in [9.17, 15) is 29.2 Å². The number of hydrogen-bond acceptors (Lipinski definition) is 24. The van der Waals surface area contributed by atoms with Crippen molar-refractivity contribution in [3.05, 3.63) is 198 Å². The van der Waals surface area contributed by atoms with Crippen LogP contribution in [0.15, 0.2) is 115 Å². The van der Waals surface area contributed by atoms with Gasteiger partial charge < -0.3 is 96.4 Å². The number of ketones is 5. The third-order valence-corrected chi connectivity index (χ3v) is 21.6. The number of fused-ring (bicyclic) bond motifs is 13. The molecule has 600 valence electrons. The zero-order valence-corrected chi connectivity index (χ0v) is 66.3. The molecule has 26 nitrogen and oxygen atoms in total. The monoisotopic (exact) mass is 1610 g/mol. The number of H-pyrrole nitrogens is 1. The molecular formula is C88H85Cl2N7O19. The number of carbonyl (C=O) groups excluding carboxylic acids is 6. The van der Waals surface area contributed by atoms with E-state index in [4.69, 9.17) is 85.1 Å². The summed E-state index contributed by atoms with van der Waals surface area (Å²) in [7, 11) is 1.67. The number of aryl methyl sites for hydroxylation is 6. The van der Waals surface area contributed by atoms with Crippen LogP contribution in [0, 0.1) is 39.8 Å². The van der Waals surface area contributed by atoms with E-state index in [1.54, 1.807) is 49.6 Å². The molecular weight excluding hydrogens is 1530 g/mol. The SMILES string of the molecule is C=O.COc1cc(Nc2c3c([nH+]c4cc5c(cc24)OCO5)CCCC3=O)cc(C)c1C.Cc1cc(N)cc(C)c1C.Nc1ccc2c(c1)OCO2.O=C1C=C(O)CCC1.O=C1CCCc2c1cc1cc3c(cc1[n+]2[O-])OCO3.O=C1CCCc2nc3cc4c(cc3c(Cl)c21)OCO4.O=C1CCCc2nc3cc4c(cc3cc21)OCO4.[Cl-]. The van der Waals surface area contributed by atoms with Gasteiger partial charge in [-0.25, -0.2) is 4.98 Å². The first-order chi connectivity index (χ1) is 55.6. The van der Waals surface area contributed by atoms with Gasteiger partial charge in [-0.3, -0.25) is 33.9 Å². The number of aliphatic hydroxyl groups is 1. The molecule has 5 aliphatic heterocycles. The van der Waals surface area contributed by atoms with Crippen LogP contribution in [0.25, 0.3) is 43.6 Å². The lowest BCUT2D eigenvalue weighted by Crippen LogP contribution is -3.00. The van der Waals surface area contributed by atoms with Gasteiger partial charge >= 0.3 is 0 Å². The number of allylic oxidation sites excluding steroid dienone is 2. The molecule has 0 fully saturated rings. The lowest BCUT2D eigenvalue weighted by molar-refractivity contribution is -0.586. The maximum Gasteiger partial charge on any atom is 0.231 e. The van der Waals surface area contributed by atoms with Crippen molar-refractivity contribution in [1.29, 1.82) is 0 Å². The Morgan fingerprint density at radius 1 is 0.500 bits per heavy atom. The number of anilines is 4. The summed E-state index contributed by atoms with van der Waals surface area (Å²) in [5.41, 5.74) is 29.4. The number of methoxy groups -OCH3 is 1. The van der Waals surface area contributed by atoms with Gasteiger partial charge in [0, 0.05) is 121 Å². The van der Waals surface area contributed by atoms with Crippen molar-refractivity contribution in [2.24, 2.45) is 0 Å². The molecule has 0 saturated heterocycles. The summed E-state index contributed by atoms with van der Waals surface area (Å²) < 4.78 is 59.6. The highest BCUT2D eigenvalue weighted by Crippen LogP contribution is 2.45. The number of ether oxygens (including phenoxy) is 11. The largest absolute Gasteiger partial charge is 1.00 e. The fraction of sp³-hybridized carbons (Fsp3) is 0.295. The average molecular weight is 1620 g/mol. The number of carbonyl (C=O) groups is 6. The second kappa shape index (κ2) is 35.4. The molecule has 7 N–H and O–H groups in total. The summed E-state index contributed by atoms with van der Waals surface area (Å²) >= 11 is 6.40. The first kappa shape index (κ1) is 81.3. The van der Waals surface area contributed by atoms with Crippen LogP contribution in [-0.2, 0) is 35.3 Å². The van der Waals surface area contributed by atoms with E-state index >= 15 is 0 Å². The van der Waals surface area contributed by atoms with Crippen LogP contribution in [0.2, 0.25) is 5.02 Å². The van der Waals surface area contributed by atoms with Gasteiger partial charge in [0.15, 0.2) is 92.1 Å². The van der Waals surface area contributed by atoms with Crippen molar-refractivity contribution in [2.75, 3.05) is 57.9 Å². The summed E-state index contributed by atoms with van der Waals surface area (Å²) in [4.78, 5) is 79.7. The molecule has 7 aromatic carbocycles. The standard InChI is InChI=1S/C23H22N2O4.C14H10ClNO3.C14H11NO4.C14H11NO3.C9H13N.C7H7NO2.C6H8O2.CH2O.ClH/c1-12-7-14(8-19(27-3)13(12)2)24-23-15-9-20-21(29-11-28-20)10-17(15)25-16-5-4-6-18(26)22(16)23;15-14-7-4-11-12(19-6-18-11)5-9(7)16-8-2-1-3-10(17)13(8)14;16-12-3-1-2-10-9(12)4-8-5-13-14(19-7-18-13)6-11(8)15(10)17;16-12-3-1-2-10-9(12)4-8-5-13-14(18-7-17-13)6-11(8)15-10;1-6-4-9(10)5-7(2)8(6)3;8-5-1-2-6-7(3-5)10-4-9-6;7-5-2-1-3-6(8)4-5;1-2;/h7-10H,4-6,11H2,1-3H3,(H,24,25);4-5H,1-3,6H2;4-6H,1-3,7H2;4-6H,1-3,7H2;4-5H,10H2,1-3H3;1-3H,4,8H2;4,7H,1-3H2;1H2;1H. The minimum atomic E-state index is 0. The molecule has 28 heteroatoms. The lowest BCUT2D eigenvalue weighted by atomic mass is 9.91. The van der Waals surface area contributed by atoms with Crippen molar-refractivity contribution in [1.82, 2.24) is 9.97 Å². The molecule has 0 spiro atoms. The molecule has 0 saturated carbocycles. The smallest absolute Gasteiger partial charge is 0.231 e. The van der Waals surface area contributed by atoms with Gasteiger partial charge in [-0.1, -0.05) is 11.6 Å². The molecule has 0 atom stereocenters. The Bertz CT molecular complexity index is 5790. The number of Topliss-reactive ketones (excluding diaryl/α,β-unsaturated/α-hetero) is 4. The normalized spacial score (nSPS) is 15.3. The highest BCUT2D eigenvalue weighted by atomic mass is 35.5. The number of benzene rings is 7. The van der Waals surface area contributed by atoms with E-state index in [1.807, 2.05) is 68.3 Å². The molecule has 21 rings (SSSR count). The van der Waals surface area contributed by atoms with Crippen LogP contribution in [0.3, 0.4) is 0 Å². The Labute approximate surface area is 678 Å². The highest BCUT2D eigenvalue weighted by Gasteiger charge is 2.33. The zero-order valence-electron chi connectivity index (χ0n) is 64.8. The van der Waals surface area contributed by atoms with E-state index in [2.05, 4.69) is 54.0 Å². The van der Waals surface area contributed by atoms with Gasteiger partial charge in [0.05, 0.1) is 80.0 Å². The van der Waals surface area contributed by atoms with Crippen molar-refractivity contribution in [2.45, 2.75) is 131 Å². The third kappa shape index (κ3) is 17.4. The minimum Gasteiger partial charge on any atom is -1.00 e. The first-order valence-electron chi connectivity index (χ1n) is 37.8. The van der Waals surface area contributed by atoms with Crippen LogP contribution < -0.4 is 91.0 Å². The van der Waals surface area contributed by atoms with Crippen molar-refractivity contribution in [3.8, 4) is 63.2 Å². The van der Waals surface area contributed by atoms with Gasteiger partial charge in [0.2, 0.25) is 50.7 Å². The topological polar surface area (TPSA) is 355 Å². The Morgan fingerprint density at radius 3 is 1.63 bits per heavy atom. The number of nitrogens with zero attached hydrogens (tertiary/aromatic N) is 3. The fourth-order valence-electron chi connectivity index (χ4n) is 15.0. The maximum atomic E-state index is 12.9. The number of hydrogen-bond donors (Lipinski definition) is 4. The number of nitrogens with two attached hydrogens (primary N) is 2. The molecule has 0 amide bonds. The number of pyridine rings is 4. The Hall–Kier alpha value is -12.7. The van der Waals surface area contributed by atoms with Crippen LogP contribution in [0.5, 0.6) is 63.2 Å². The minimum absolute atomic E-state index is 0. The maximum absolute atomic E-state index is 12.9. The van der Waals surface area contributed by atoms with Gasteiger partial charge in [0.1, 0.15) is 18.1 Å². The summed E-state index contributed by atoms with van der Waals surface area (Å²) in [5, 5.41) is 28.4. The Morgan fingerprint density at radius 2 is 1.00 bits per heavy atom. The number of aromatic nitrogens is 4. The van der Waals surface area contributed by atoms with Crippen LogP contribution in [0.4, 0.5) is 22.7 Å². The van der Waals surface area contributed by atoms with E-state index in [1.165, 1.54) is 22.8 Å². The molecule has 0 unspecified atom stereocenters. The van der Waals surface area contributed by atoms with E-state index in [0.717, 1.165) is 180 Å². The Balaban J connectivity index is 0.000000121. The fourth-order valence-corrected chi connectivity index (χ4v) is 15.3. The molecule has 0 radical (unpaired) electrons. The van der Waals surface area contributed by atoms with Crippen molar-refractivity contribution in [3.63, 3.8) is 0 Å². The number of nitrogen functional groups attached to an aromatic ring is 2. The van der Waals surface area contributed by atoms with Gasteiger partial charge in [-0.2, -0.15) is 4.73 Å². The Kier molecular flexibility index (Phi) is 24.8. The molecule has 5 aliphatic carbocycles. The number of nitrogens with one attached hydrogen (secondary N) is 2. The second-order valence-corrected chi connectivity index (χ2v) is 29.1. The van der Waals surface area contributed by atoms with Crippen LogP contribution in [0.1, 0.15) is 163 Å². The predicted octanol–water partition coefficient (Wildman–Crippen LogP) is 12.8. The molecule has 4 aromatic heterocycles. The third-order valence-electron chi connectivity index (χ3n) is 21.2. The van der Waals surface area contributed by atoms with Gasteiger partial charge in [-0.05, 0) is 168 Å². The molecule has 0 bridgehead atoms. The van der Waals surface area contributed by atoms with Gasteiger partial charge in [0.25, 0.3) is 0 Å². The number of rotatable bonds is 3. The number of halogens is 2. The number of aromatic amines is 1.